The molecular formula is C15H19N5O3S2. The molecule has 0 unspecified atom stereocenters. The van der Waals surface area contributed by atoms with E-state index in [-0.39, 0.29) is 29.2 Å². The Hall–Kier alpha value is -1.94. The summed E-state index contributed by atoms with van der Waals surface area (Å²) in [4.78, 5) is 12.1. The summed E-state index contributed by atoms with van der Waals surface area (Å²) in [7, 11) is -3.01. The second kappa shape index (κ2) is 7.12. The van der Waals surface area contributed by atoms with Crippen LogP contribution in [0, 0.1) is 13.8 Å². The smallest absolute Gasteiger partial charge is 0.230 e. The molecule has 1 aliphatic rings. The van der Waals surface area contributed by atoms with Gasteiger partial charge in [0.1, 0.15) is 0 Å². The number of aromatic nitrogens is 4. The molecule has 0 spiro atoms. The van der Waals surface area contributed by atoms with Crippen LogP contribution in [0.4, 0.5) is 0 Å². The summed E-state index contributed by atoms with van der Waals surface area (Å²) < 4.78 is 24.5. The molecule has 1 N–H and O–H groups in total. The largest absolute Gasteiger partial charge is 0.352 e. The maximum Gasteiger partial charge on any atom is 0.230 e. The number of sulfone groups is 1. The van der Waals surface area contributed by atoms with Gasteiger partial charge in [0.25, 0.3) is 0 Å². The number of nitrogens with one attached hydrogen (secondary N) is 1. The van der Waals surface area contributed by atoms with Gasteiger partial charge >= 0.3 is 0 Å². The van der Waals surface area contributed by atoms with E-state index in [9.17, 15) is 13.2 Å². The summed E-state index contributed by atoms with van der Waals surface area (Å²) >= 11 is 1.22. The molecule has 1 amide bonds. The van der Waals surface area contributed by atoms with E-state index in [1.54, 1.807) is 4.68 Å². The van der Waals surface area contributed by atoms with Gasteiger partial charge in [0, 0.05) is 6.04 Å². The fourth-order valence-corrected chi connectivity index (χ4v) is 5.19. The third-order valence-electron chi connectivity index (χ3n) is 3.82. The minimum atomic E-state index is -3.01. The van der Waals surface area contributed by atoms with Crippen molar-refractivity contribution in [2.45, 2.75) is 31.5 Å². The molecule has 8 nitrogen and oxygen atoms in total. The first-order valence-corrected chi connectivity index (χ1v) is 10.6. The van der Waals surface area contributed by atoms with Crippen LogP contribution in [0.1, 0.15) is 17.5 Å². The Labute approximate surface area is 150 Å². The van der Waals surface area contributed by atoms with Crippen molar-refractivity contribution in [1.29, 1.82) is 0 Å². The van der Waals surface area contributed by atoms with Gasteiger partial charge in [0.15, 0.2) is 9.84 Å². The van der Waals surface area contributed by atoms with Crippen molar-refractivity contribution in [3.8, 4) is 5.69 Å². The molecule has 134 valence electrons. The molecule has 1 aliphatic heterocycles. The predicted molar refractivity (Wildman–Crippen MR) is 94.6 cm³/mol. The van der Waals surface area contributed by atoms with Crippen molar-refractivity contribution in [1.82, 2.24) is 25.5 Å². The Bertz CT molecular complexity index is 874. The number of nitrogens with zero attached hydrogens (tertiary/aromatic N) is 4. The second-order valence-corrected chi connectivity index (χ2v) is 9.35. The van der Waals surface area contributed by atoms with Crippen molar-refractivity contribution >= 4 is 27.5 Å². The lowest BCUT2D eigenvalue weighted by molar-refractivity contribution is -0.119. The molecule has 1 saturated heterocycles. The second-order valence-electron chi connectivity index (χ2n) is 6.18. The van der Waals surface area contributed by atoms with Crippen LogP contribution in [0.5, 0.6) is 0 Å². The van der Waals surface area contributed by atoms with Gasteiger partial charge in [0.2, 0.25) is 11.1 Å². The SMILES string of the molecule is Cc1cc(C)cc(-n2nnnc2SCC(=O)N[C@H]2CCS(=O)(=O)C2)c1. The molecule has 0 saturated carbocycles. The monoisotopic (exact) mass is 381 g/mol. The molecule has 1 fully saturated rings. The number of amides is 1. The third kappa shape index (κ3) is 4.57. The lowest BCUT2D eigenvalue weighted by atomic mass is 10.1. The highest BCUT2D eigenvalue weighted by atomic mass is 32.2. The van der Waals surface area contributed by atoms with Crippen LogP contribution < -0.4 is 5.32 Å². The van der Waals surface area contributed by atoms with Gasteiger partial charge in [-0.1, -0.05) is 17.8 Å². The number of hydrogen-bond donors (Lipinski definition) is 1. The Morgan fingerprint density at radius 1 is 1.32 bits per heavy atom. The van der Waals surface area contributed by atoms with Gasteiger partial charge in [-0.3, -0.25) is 4.79 Å². The Morgan fingerprint density at radius 3 is 2.68 bits per heavy atom. The number of aryl methyl sites for hydroxylation is 2. The van der Waals surface area contributed by atoms with Crippen molar-refractivity contribution in [3.05, 3.63) is 29.3 Å². The molecule has 2 aromatic rings. The molecule has 1 atom stereocenters. The molecule has 1 aromatic carbocycles. The fraction of sp³-hybridized carbons (Fsp3) is 0.467. The van der Waals surface area contributed by atoms with Gasteiger partial charge in [-0.2, -0.15) is 4.68 Å². The number of tetrazole rings is 1. The van der Waals surface area contributed by atoms with Gasteiger partial charge < -0.3 is 5.32 Å². The molecule has 0 bridgehead atoms. The lowest BCUT2D eigenvalue weighted by Crippen LogP contribution is -2.36. The van der Waals surface area contributed by atoms with Crippen molar-refractivity contribution in [3.63, 3.8) is 0 Å². The number of carbonyl (C=O) groups is 1. The van der Waals surface area contributed by atoms with E-state index >= 15 is 0 Å². The van der Waals surface area contributed by atoms with E-state index in [1.807, 2.05) is 26.0 Å². The van der Waals surface area contributed by atoms with E-state index in [4.69, 9.17) is 0 Å². The van der Waals surface area contributed by atoms with Crippen LogP contribution in [0.2, 0.25) is 0 Å². The quantitative estimate of drug-likeness (QED) is 0.759. The minimum absolute atomic E-state index is 0.0176. The first kappa shape index (κ1) is 17.9. The zero-order valence-corrected chi connectivity index (χ0v) is 15.6. The van der Waals surface area contributed by atoms with Crippen LogP contribution in [0.15, 0.2) is 23.4 Å². The first-order chi connectivity index (χ1) is 11.8. The molecule has 10 heteroatoms. The zero-order chi connectivity index (χ0) is 18.0. The van der Waals surface area contributed by atoms with E-state index in [1.165, 1.54) is 11.8 Å². The molecular weight excluding hydrogens is 362 g/mol. The molecule has 25 heavy (non-hydrogen) atoms. The zero-order valence-electron chi connectivity index (χ0n) is 14.0. The third-order valence-corrected chi connectivity index (χ3v) is 6.51. The maximum atomic E-state index is 12.1. The summed E-state index contributed by atoms with van der Waals surface area (Å²) in [5.74, 6) is 0.0589. The van der Waals surface area contributed by atoms with Crippen molar-refractivity contribution in [2.75, 3.05) is 17.3 Å². The number of carbonyl (C=O) groups excluding carboxylic acids is 1. The van der Waals surface area contributed by atoms with Gasteiger partial charge in [-0.25, -0.2) is 8.42 Å². The van der Waals surface area contributed by atoms with Crippen molar-refractivity contribution in [2.24, 2.45) is 0 Å². The normalized spacial score (nSPS) is 19.0. The highest BCUT2D eigenvalue weighted by molar-refractivity contribution is 7.99. The number of rotatable bonds is 5. The maximum absolute atomic E-state index is 12.1. The van der Waals surface area contributed by atoms with Crippen LogP contribution in [0.25, 0.3) is 5.69 Å². The summed E-state index contributed by atoms with van der Waals surface area (Å²) in [6, 6.07) is 5.70. The number of hydrogen-bond acceptors (Lipinski definition) is 7. The van der Waals surface area contributed by atoms with Crippen LogP contribution in [-0.4, -0.2) is 57.8 Å². The van der Waals surface area contributed by atoms with E-state index in [0.29, 0.717) is 11.6 Å². The van der Waals surface area contributed by atoms with Gasteiger partial charge in [0.05, 0.1) is 22.9 Å². The van der Waals surface area contributed by atoms with Crippen molar-refractivity contribution < 1.29 is 13.2 Å². The van der Waals surface area contributed by atoms with E-state index in [2.05, 4.69) is 26.9 Å². The lowest BCUT2D eigenvalue weighted by Gasteiger charge is -2.10. The first-order valence-electron chi connectivity index (χ1n) is 7.82. The predicted octanol–water partition coefficient (Wildman–Crippen LogP) is 0.675. The summed E-state index contributed by atoms with van der Waals surface area (Å²) in [5, 5.41) is 14.9. The molecule has 3 rings (SSSR count). The number of benzene rings is 1. The van der Waals surface area contributed by atoms with Gasteiger partial charge in [-0.05, 0) is 54.0 Å². The average molecular weight is 381 g/mol. The highest BCUT2D eigenvalue weighted by Crippen LogP contribution is 2.20. The average Bonchev–Trinajstić information content (AvgIpc) is 3.10. The number of thioether (sulfide) groups is 1. The standard InChI is InChI=1S/C15H19N5O3S2/c1-10-5-11(2)7-13(6-10)20-15(17-18-19-20)24-8-14(21)16-12-3-4-25(22,23)9-12/h5-7,12H,3-4,8-9H2,1-2H3,(H,16,21)/t12-/m0/s1. The molecule has 2 heterocycles. The Morgan fingerprint density at radius 2 is 2.04 bits per heavy atom. The van der Waals surface area contributed by atoms with Gasteiger partial charge in [-0.15, -0.1) is 5.10 Å². The Kier molecular flexibility index (Phi) is 5.09. The van der Waals surface area contributed by atoms with E-state index in [0.717, 1.165) is 16.8 Å². The molecule has 1 aromatic heterocycles. The molecule has 0 radical (unpaired) electrons. The van der Waals surface area contributed by atoms with Crippen LogP contribution >= 0.6 is 11.8 Å². The summed E-state index contributed by atoms with van der Waals surface area (Å²) in [6.07, 6.45) is 0.471. The topological polar surface area (TPSA) is 107 Å². The fourth-order valence-electron chi connectivity index (χ4n) is 2.81. The highest BCUT2D eigenvalue weighted by Gasteiger charge is 2.28. The van der Waals surface area contributed by atoms with Crippen LogP contribution in [0.3, 0.4) is 0 Å². The summed E-state index contributed by atoms with van der Waals surface area (Å²) in [6.45, 7) is 3.99. The molecule has 0 aliphatic carbocycles. The Balaban J connectivity index is 1.63. The van der Waals surface area contributed by atoms with Crippen LogP contribution in [-0.2, 0) is 14.6 Å². The minimum Gasteiger partial charge on any atom is -0.352 e. The summed E-state index contributed by atoms with van der Waals surface area (Å²) in [5.41, 5.74) is 3.04. The van der Waals surface area contributed by atoms with E-state index < -0.39 is 9.84 Å².